The van der Waals surface area contributed by atoms with Crippen molar-refractivity contribution in [2.24, 2.45) is 5.73 Å². The van der Waals surface area contributed by atoms with Crippen molar-refractivity contribution in [2.75, 3.05) is 45.2 Å². The number of hydrogen-bond donors (Lipinski definition) is 6. The summed E-state index contributed by atoms with van der Waals surface area (Å²) in [6.07, 6.45) is 0.990. The number of aromatic nitrogens is 2. The number of carbonyl (C=O) groups is 3. The molecule has 8 rings (SSSR count). The number of aromatic amines is 1. The number of H-pyrrole nitrogens is 1. The molecule has 1 aliphatic heterocycles. The highest BCUT2D eigenvalue weighted by atomic mass is 32.2. The van der Waals surface area contributed by atoms with E-state index in [2.05, 4.69) is 20.6 Å². The number of aryl methyl sites for hydroxylation is 1. The number of amides is 3. The Bertz CT molecular complexity index is 3240. The minimum Gasteiger partial charge on any atom is -0.506 e. The van der Waals surface area contributed by atoms with Gasteiger partial charge in [0.2, 0.25) is 15.4 Å². The van der Waals surface area contributed by atoms with Crippen LogP contribution >= 0.6 is 0 Å². The Morgan fingerprint density at radius 2 is 1.54 bits per heavy atom. The molecule has 67 heavy (non-hydrogen) atoms. The van der Waals surface area contributed by atoms with E-state index in [1.165, 1.54) is 55.8 Å². The fraction of sp³-hybridized carbons (Fsp3) is 0.220. The molecule has 1 unspecified atom stereocenters. The lowest BCUT2D eigenvalue weighted by molar-refractivity contribution is 0.0535. The standard InChI is InChI=1S/C50H49N7O9S/c1-29-21-37(26-40-45(29)53-27-41(48(51)61)46(40)54-34-10-6-11-35(25-34)66-3)67(64,65)36-12-5-9-33(24-36)50(63)57-19-17-56(18-20-57)49(62)32-8-4-7-31(23-32)22-30(2)52-28-43(59)38-13-15-42(58)47-39(38)14-16-44(60)55-47/h4-16,21,23-27,30,43,52,58-59H,17-20,22,28H2,1-3H3,(H2,51,61)(H,53,54)(H,55,60)/t30?,43-/m1/s1. The van der Waals surface area contributed by atoms with Crippen LogP contribution in [0.4, 0.5) is 11.4 Å². The van der Waals surface area contributed by atoms with Crippen molar-refractivity contribution in [1.82, 2.24) is 25.1 Å². The second-order valence-corrected chi connectivity index (χ2v) is 18.5. The number of methoxy groups -OCH3 is 1. The summed E-state index contributed by atoms with van der Waals surface area (Å²) in [6, 6.07) is 29.0. The van der Waals surface area contributed by atoms with E-state index in [0.29, 0.717) is 50.8 Å². The molecule has 3 amide bonds. The van der Waals surface area contributed by atoms with Crippen molar-refractivity contribution in [2.45, 2.75) is 42.2 Å². The highest BCUT2D eigenvalue weighted by Gasteiger charge is 2.28. The van der Waals surface area contributed by atoms with Crippen molar-refractivity contribution < 1.29 is 37.8 Å². The number of pyridine rings is 2. The molecule has 0 aliphatic carbocycles. The third-order valence-electron chi connectivity index (χ3n) is 11.9. The van der Waals surface area contributed by atoms with E-state index in [1.54, 1.807) is 65.3 Å². The van der Waals surface area contributed by atoms with Crippen LogP contribution in [0.15, 0.2) is 130 Å². The van der Waals surface area contributed by atoms with Gasteiger partial charge in [-0.15, -0.1) is 0 Å². The van der Waals surface area contributed by atoms with E-state index >= 15 is 0 Å². The SMILES string of the molecule is COc1cccc(Nc2c(C(N)=O)cnc3c(C)cc(S(=O)(=O)c4cccc(C(=O)N5CCN(C(=O)c6cccc(CC(C)NC[C@@H](O)c7ccc(O)c8[nH]c(=O)ccc78)c6)CC5)c4)cc23)c1. The Balaban J connectivity index is 0.914. The van der Waals surface area contributed by atoms with Gasteiger partial charge in [0.25, 0.3) is 17.7 Å². The van der Waals surface area contributed by atoms with Crippen LogP contribution in [-0.2, 0) is 16.3 Å². The second-order valence-electron chi connectivity index (χ2n) is 16.5. The number of anilines is 2. The number of sulfone groups is 1. The summed E-state index contributed by atoms with van der Waals surface area (Å²) in [4.78, 5) is 62.2. The number of piperazine rings is 1. The fourth-order valence-corrected chi connectivity index (χ4v) is 9.83. The predicted octanol–water partition coefficient (Wildman–Crippen LogP) is 5.63. The van der Waals surface area contributed by atoms with Crippen LogP contribution in [0.2, 0.25) is 0 Å². The number of aliphatic hydroxyl groups excluding tert-OH is 1. The number of aromatic hydroxyl groups is 1. The first-order valence-electron chi connectivity index (χ1n) is 21.5. The molecule has 1 aliphatic rings. The van der Waals surface area contributed by atoms with E-state index in [9.17, 15) is 37.8 Å². The molecule has 0 spiro atoms. The molecule has 0 bridgehead atoms. The predicted molar refractivity (Wildman–Crippen MR) is 254 cm³/mol. The summed E-state index contributed by atoms with van der Waals surface area (Å²) in [5, 5.41) is 28.7. The van der Waals surface area contributed by atoms with Crippen molar-refractivity contribution in [1.29, 1.82) is 0 Å². The molecule has 7 N–H and O–H groups in total. The van der Waals surface area contributed by atoms with Crippen molar-refractivity contribution >= 4 is 60.7 Å². The number of fused-ring (bicyclic) bond motifs is 2. The summed E-state index contributed by atoms with van der Waals surface area (Å²) in [7, 11) is -2.68. The zero-order chi connectivity index (χ0) is 47.6. The molecule has 1 saturated heterocycles. The molecular formula is C50H49N7O9S. The minimum absolute atomic E-state index is 0.0591. The average Bonchev–Trinajstić information content (AvgIpc) is 3.33. The number of nitrogens with two attached hydrogens (primary N) is 1. The van der Waals surface area contributed by atoms with Crippen LogP contribution in [0.3, 0.4) is 0 Å². The van der Waals surface area contributed by atoms with Crippen LogP contribution in [0.1, 0.15) is 60.8 Å². The molecule has 5 aromatic carbocycles. The molecule has 344 valence electrons. The fourth-order valence-electron chi connectivity index (χ4n) is 8.41. The average molecular weight is 924 g/mol. The maximum Gasteiger partial charge on any atom is 0.254 e. The molecule has 17 heteroatoms. The number of aliphatic hydroxyl groups is 1. The van der Waals surface area contributed by atoms with Crippen molar-refractivity contribution in [3.63, 3.8) is 0 Å². The molecule has 0 saturated carbocycles. The van der Waals surface area contributed by atoms with E-state index in [-0.39, 0.29) is 94.0 Å². The first-order chi connectivity index (χ1) is 32.1. The Kier molecular flexibility index (Phi) is 13.1. The van der Waals surface area contributed by atoms with Gasteiger partial charge in [0, 0.05) is 84.7 Å². The second kappa shape index (κ2) is 19.1. The van der Waals surface area contributed by atoms with Gasteiger partial charge in [0.15, 0.2) is 0 Å². The lowest BCUT2D eigenvalue weighted by Crippen LogP contribution is -2.50. The van der Waals surface area contributed by atoms with E-state index in [1.807, 2.05) is 25.1 Å². The molecule has 16 nitrogen and oxygen atoms in total. The summed E-state index contributed by atoms with van der Waals surface area (Å²) < 4.78 is 34.0. The Morgan fingerprint density at radius 1 is 0.851 bits per heavy atom. The van der Waals surface area contributed by atoms with Gasteiger partial charge in [-0.05, 0) is 104 Å². The third kappa shape index (κ3) is 9.70. The van der Waals surface area contributed by atoms with Crippen LogP contribution in [0, 0.1) is 6.92 Å². The number of nitrogens with zero attached hydrogens (tertiary/aromatic N) is 3. The van der Waals surface area contributed by atoms with Gasteiger partial charge in [-0.3, -0.25) is 24.2 Å². The van der Waals surface area contributed by atoms with Gasteiger partial charge in [-0.1, -0.05) is 30.3 Å². The smallest absolute Gasteiger partial charge is 0.254 e. The Hall–Kier alpha value is -7.60. The van der Waals surface area contributed by atoms with Gasteiger partial charge < -0.3 is 46.1 Å². The van der Waals surface area contributed by atoms with E-state index < -0.39 is 21.8 Å². The monoisotopic (exact) mass is 923 g/mol. The zero-order valence-electron chi connectivity index (χ0n) is 36.9. The summed E-state index contributed by atoms with van der Waals surface area (Å²) in [5.74, 6) is -0.836. The first kappa shape index (κ1) is 45.9. The number of carbonyl (C=O) groups excluding carboxylic acids is 3. The van der Waals surface area contributed by atoms with Gasteiger partial charge in [-0.25, -0.2) is 8.42 Å². The molecule has 7 aromatic rings. The van der Waals surface area contributed by atoms with Crippen molar-refractivity contribution in [3.05, 3.63) is 159 Å². The number of nitrogens with one attached hydrogen (secondary N) is 3. The maximum absolute atomic E-state index is 14.3. The Morgan fingerprint density at radius 3 is 2.24 bits per heavy atom. The molecule has 1 fully saturated rings. The minimum atomic E-state index is -4.21. The van der Waals surface area contributed by atoms with Crippen LogP contribution in [0.25, 0.3) is 21.8 Å². The topological polar surface area (TPSA) is 237 Å². The highest BCUT2D eigenvalue weighted by Crippen LogP contribution is 2.35. The number of primary amides is 1. The summed E-state index contributed by atoms with van der Waals surface area (Å²) in [5.41, 5.74) is 9.70. The maximum atomic E-state index is 14.3. The lowest BCUT2D eigenvalue weighted by Gasteiger charge is -2.35. The van der Waals surface area contributed by atoms with Crippen molar-refractivity contribution in [3.8, 4) is 11.5 Å². The number of rotatable bonds is 14. The van der Waals surface area contributed by atoms with Gasteiger partial charge in [-0.2, -0.15) is 0 Å². The number of benzene rings is 5. The number of phenols is 1. The van der Waals surface area contributed by atoms with Crippen LogP contribution < -0.4 is 26.7 Å². The van der Waals surface area contributed by atoms with E-state index in [4.69, 9.17) is 10.5 Å². The molecular weight excluding hydrogens is 875 g/mol. The molecule has 2 atom stereocenters. The van der Waals surface area contributed by atoms with Gasteiger partial charge >= 0.3 is 0 Å². The Labute approximate surface area is 385 Å². The number of ether oxygens (including phenoxy) is 1. The van der Waals surface area contributed by atoms with Gasteiger partial charge in [0.05, 0.1) is 45.3 Å². The number of hydrogen-bond acceptors (Lipinski definition) is 12. The highest BCUT2D eigenvalue weighted by molar-refractivity contribution is 7.91. The summed E-state index contributed by atoms with van der Waals surface area (Å²) in [6.45, 7) is 4.90. The number of phenolic OH excluding ortho intramolecular Hbond substituents is 1. The summed E-state index contributed by atoms with van der Waals surface area (Å²) >= 11 is 0. The zero-order valence-corrected chi connectivity index (χ0v) is 37.8. The van der Waals surface area contributed by atoms with Crippen LogP contribution in [-0.4, -0.2) is 102 Å². The molecule has 3 heterocycles. The van der Waals surface area contributed by atoms with E-state index in [0.717, 1.165) is 5.56 Å². The molecule has 0 radical (unpaired) electrons. The van der Waals surface area contributed by atoms with Gasteiger partial charge in [0.1, 0.15) is 11.5 Å². The normalized spacial score (nSPS) is 13.9. The quantitative estimate of drug-likeness (QED) is 0.0779. The molecule has 2 aromatic heterocycles. The van der Waals surface area contributed by atoms with Crippen LogP contribution in [0.5, 0.6) is 11.5 Å². The third-order valence-corrected chi connectivity index (χ3v) is 13.7. The first-order valence-corrected chi connectivity index (χ1v) is 23.0. The lowest BCUT2D eigenvalue weighted by atomic mass is 10.0. The largest absolute Gasteiger partial charge is 0.506 e.